The van der Waals surface area contributed by atoms with Crippen LogP contribution in [0.2, 0.25) is 0 Å². The first-order valence-electron chi connectivity index (χ1n) is 12.6. The number of carbonyl (C=O) groups is 2. The van der Waals surface area contributed by atoms with E-state index in [1.54, 1.807) is 18.2 Å². The molecule has 0 bridgehead atoms. The Hall–Kier alpha value is -4.08. The van der Waals surface area contributed by atoms with Gasteiger partial charge in [-0.2, -0.15) is 0 Å². The van der Waals surface area contributed by atoms with Crippen LogP contribution in [0, 0.1) is 0 Å². The molecule has 3 atom stereocenters. The van der Waals surface area contributed by atoms with Crippen LogP contribution in [-0.4, -0.2) is 48.6 Å². The fourth-order valence-electron chi connectivity index (χ4n) is 4.52. The molecule has 3 N–H and O–H groups in total. The van der Waals surface area contributed by atoms with Gasteiger partial charge in [0.1, 0.15) is 17.6 Å². The Bertz CT molecular complexity index is 1250. The minimum absolute atomic E-state index is 0.133. The smallest absolute Gasteiger partial charge is 0.251 e. The lowest BCUT2D eigenvalue weighted by molar-refractivity contribution is -0.131. The molecule has 9 heteroatoms. The topological polar surface area (TPSA) is 115 Å². The Morgan fingerprint density at radius 3 is 2.47 bits per heavy atom. The van der Waals surface area contributed by atoms with Crippen molar-refractivity contribution in [3.8, 4) is 23.0 Å². The van der Waals surface area contributed by atoms with Crippen LogP contribution in [0.25, 0.3) is 0 Å². The molecule has 2 aliphatic heterocycles. The second kappa shape index (κ2) is 12.0. The minimum Gasteiger partial charge on any atom is -0.457 e. The lowest BCUT2D eigenvalue weighted by Crippen LogP contribution is -2.51. The van der Waals surface area contributed by atoms with Gasteiger partial charge in [0, 0.05) is 12.1 Å². The first-order chi connectivity index (χ1) is 18.6. The van der Waals surface area contributed by atoms with E-state index in [-0.39, 0.29) is 43.8 Å². The van der Waals surface area contributed by atoms with Crippen LogP contribution in [-0.2, 0) is 16.1 Å². The van der Waals surface area contributed by atoms with Gasteiger partial charge in [-0.25, -0.2) is 0 Å². The van der Waals surface area contributed by atoms with E-state index < -0.39 is 6.10 Å². The second-order valence-electron chi connectivity index (χ2n) is 9.24. The number of benzene rings is 3. The third-order valence-electron chi connectivity index (χ3n) is 6.55. The zero-order valence-corrected chi connectivity index (χ0v) is 20.8. The third-order valence-corrected chi connectivity index (χ3v) is 6.55. The summed E-state index contributed by atoms with van der Waals surface area (Å²) in [5, 5.41) is 15.7. The van der Waals surface area contributed by atoms with E-state index in [0.29, 0.717) is 36.4 Å². The van der Waals surface area contributed by atoms with E-state index in [9.17, 15) is 14.7 Å². The molecule has 0 spiro atoms. The zero-order chi connectivity index (χ0) is 26.3. The van der Waals surface area contributed by atoms with Crippen LogP contribution >= 0.6 is 0 Å². The molecule has 198 valence electrons. The molecule has 0 radical (unpaired) electrons. The number of rotatable bonds is 9. The SMILES string of the molecule is O=C(C[C@@H]1CC[C@@H](NC(=O)c2ccc3c(c2)OCO3)[C@H](CO)O1)NCc1ccc(Oc2ccccc2)cc1. The molecule has 3 aromatic rings. The first-order valence-corrected chi connectivity index (χ1v) is 12.6. The van der Waals surface area contributed by atoms with E-state index in [1.165, 1.54) is 0 Å². The van der Waals surface area contributed by atoms with Crippen molar-refractivity contribution in [1.82, 2.24) is 10.6 Å². The molecule has 2 aliphatic rings. The van der Waals surface area contributed by atoms with Crippen LogP contribution in [0.1, 0.15) is 35.2 Å². The second-order valence-corrected chi connectivity index (χ2v) is 9.24. The minimum atomic E-state index is -0.600. The molecule has 2 heterocycles. The van der Waals surface area contributed by atoms with Crippen LogP contribution in [0.15, 0.2) is 72.8 Å². The number of aliphatic hydroxyl groups is 1. The number of hydrogen-bond donors (Lipinski definition) is 3. The summed E-state index contributed by atoms with van der Waals surface area (Å²) in [6.07, 6.45) is 0.405. The number of aliphatic hydroxyl groups excluding tert-OH is 1. The molecule has 1 fully saturated rings. The van der Waals surface area contributed by atoms with Crippen LogP contribution in [0.4, 0.5) is 0 Å². The zero-order valence-electron chi connectivity index (χ0n) is 20.8. The average molecular weight is 519 g/mol. The predicted molar refractivity (Wildman–Crippen MR) is 138 cm³/mol. The number of fused-ring (bicyclic) bond motifs is 1. The number of nitrogens with one attached hydrogen (secondary N) is 2. The standard InChI is InChI=1S/C29H30N2O7/c32-17-27-24(31-29(34)20-8-13-25-26(14-20)36-18-35-25)12-11-23(38-27)15-28(33)30-16-19-6-9-22(10-7-19)37-21-4-2-1-3-5-21/h1-10,13-14,23-24,27,32H,11-12,15-18H2,(H,30,33)(H,31,34)/t23-,24+,27-/m0/s1. The van der Waals surface area contributed by atoms with Gasteiger partial charge in [0.25, 0.3) is 5.91 Å². The van der Waals surface area contributed by atoms with Crippen LogP contribution in [0.3, 0.4) is 0 Å². The molecule has 38 heavy (non-hydrogen) atoms. The fourth-order valence-corrected chi connectivity index (χ4v) is 4.52. The summed E-state index contributed by atoms with van der Waals surface area (Å²) in [7, 11) is 0. The number of para-hydroxylation sites is 1. The fraction of sp³-hybridized carbons (Fsp3) is 0.310. The van der Waals surface area contributed by atoms with Crippen molar-refractivity contribution in [2.24, 2.45) is 0 Å². The molecule has 0 aromatic heterocycles. The Kier molecular flexibility index (Phi) is 8.06. The lowest BCUT2D eigenvalue weighted by Gasteiger charge is -2.36. The van der Waals surface area contributed by atoms with Crippen LogP contribution < -0.4 is 24.8 Å². The summed E-state index contributed by atoms with van der Waals surface area (Å²) in [6, 6.07) is 21.7. The lowest BCUT2D eigenvalue weighted by atomic mass is 9.96. The highest BCUT2D eigenvalue weighted by Gasteiger charge is 2.33. The van der Waals surface area contributed by atoms with Crippen molar-refractivity contribution >= 4 is 11.8 Å². The summed E-state index contributed by atoms with van der Waals surface area (Å²) in [6.45, 7) is 0.255. The number of carbonyl (C=O) groups excluding carboxylic acids is 2. The van der Waals surface area contributed by atoms with Crippen molar-refractivity contribution < 1.29 is 33.6 Å². The number of amides is 2. The molecular formula is C29H30N2O7. The Morgan fingerprint density at radius 2 is 1.68 bits per heavy atom. The van der Waals surface area contributed by atoms with Gasteiger partial charge in [0.05, 0.1) is 25.2 Å². The van der Waals surface area contributed by atoms with Gasteiger partial charge in [0.2, 0.25) is 12.7 Å². The van der Waals surface area contributed by atoms with E-state index in [2.05, 4.69) is 10.6 Å². The molecule has 3 aromatic carbocycles. The quantitative estimate of drug-likeness (QED) is 0.397. The molecule has 0 aliphatic carbocycles. The number of ether oxygens (including phenoxy) is 4. The van der Waals surface area contributed by atoms with E-state index in [0.717, 1.165) is 17.1 Å². The van der Waals surface area contributed by atoms with Gasteiger partial charge >= 0.3 is 0 Å². The highest BCUT2D eigenvalue weighted by molar-refractivity contribution is 5.95. The first kappa shape index (κ1) is 25.6. The molecular weight excluding hydrogens is 488 g/mol. The highest BCUT2D eigenvalue weighted by atomic mass is 16.7. The molecule has 0 saturated carbocycles. The third kappa shape index (κ3) is 6.42. The Morgan fingerprint density at radius 1 is 0.921 bits per heavy atom. The summed E-state index contributed by atoms with van der Waals surface area (Å²) < 4.78 is 22.4. The van der Waals surface area contributed by atoms with Gasteiger partial charge in [-0.05, 0) is 60.9 Å². The van der Waals surface area contributed by atoms with Crippen molar-refractivity contribution in [3.05, 3.63) is 83.9 Å². The largest absolute Gasteiger partial charge is 0.457 e. The Balaban J connectivity index is 1.07. The summed E-state index contributed by atoms with van der Waals surface area (Å²) in [5.74, 6) is 2.18. The number of hydrogen-bond acceptors (Lipinski definition) is 7. The summed E-state index contributed by atoms with van der Waals surface area (Å²) >= 11 is 0. The van der Waals surface area contributed by atoms with Gasteiger partial charge < -0.3 is 34.7 Å². The van der Waals surface area contributed by atoms with E-state index in [4.69, 9.17) is 18.9 Å². The van der Waals surface area contributed by atoms with Crippen molar-refractivity contribution in [2.45, 2.75) is 44.1 Å². The van der Waals surface area contributed by atoms with E-state index in [1.807, 2.05) is 54.6 Å². The molecule has 9 nitrogen and oxygen atoms in total. The van der Waals surface area contributed by atoms with E-state index >= 15 is 0 Å². The summed E-state index contributed by atoms with van der Waals surface area (Å²) in [4.78, 5) is 25.3. The maximum atomic E-state index is 12.7. The van der Waals surface area contributed by atoms with Gasteiger partial charge in [-0.3, -0.25) is 9.59 Å². The van der Waals surface area contributed by atoms with Gasteiger partial charge in [0.15, 0.2) is 11.5 Å². The predicted octanol–water partition coefficient (Wildman–Crippen LogP) is 3.55. The molecule has 2 amide bonds. The van der Waals surface area contributed by atoms with Crippen molar-refractivity contribution in [2.75, 3.05) is 13.4 Å². The maximum Gasteiger partial charge on any atom is 0.251 e. The molecule has 1 saturated heterocycles. The van der Waals surface area contributed by atoms with Crippen molar-refractivity contribution in [3.63, 3.8) is 0 Å². The molecule has 5 rings (SSSR count). The monoisotopic (exact) mass is 518 g/mol. The normalized spacial score (nSPS) is 20.0. The van der Waals surface area contributed by atoms with Crippen LogP contribution in [0.5, 0.6) is 23.0 Å². The highest BCUT2D eigenvalue weighted by Crippen LogP contribution is 2.32. The van der Waals surface area contributed by atoms with Gasteiger partial charge in [-0.1, -0.05) is 30.3 Å². The molecule has 0 unspecified atom stereocenters. The van der Waals surface area contributed by atoms with Crippen molar-refractivity contribution in [1.29, 1.82) is 0 Å². The Labute approximate surface area is 220 Å². The average Bonchev–Trinajstić information content (AvgIpc) is 3.42. The summed E-state index contributed by atoms with van der Waals surface area (Å²) in [5.41, 5.74) is 1.38. The maximum absolute atomic E-state index is 12.7. The van der Waals surface area contributed by atoms with Gasteiger partial charge in [-0.15, -0.1) is 0 Å².